The minimum absolute atomic E-state index is 0.00550. The van der Waals surface area contributed by atoms with E-state index in [0.717, 1.165) is 18.9 Å². The second kappa shape index (κ2) is 9.47. The van der Waals surface area contributed by atoms with E-state index in [1.165, 1.54) is 30.3 Å². The first-order chi connectivity index (χ1) is 15.4. The van der Waals surface area contributed by atoms with Gasteiger partial charge in [0.1, 0.15) is 11.5 Å². The molecule has 32 heavy (non-hydrogen) atoms. The number of ether oxygens (including phenoxy) is 1. The van der Waals surface area contributed by atoms with Crippen LogP contribution in [0.25, 0.3) is 0 Å². The molecule has 2 aliphatic heterocycles. The smallest absolute Gasteiger partial charge is 0.295 e. The first-order valence-corrected chi connectivity index (χ1v) is 10.6. The van der Waals surface area contributed by atoms with Crippen molar-refractivity contribution in [2.45, 2.75) is 18.9 Å². The van der Waals surface area contributed by atoms with E-state index in [9.17, 15) is 23.7 Å². The van der Waals surface area contributed by atoms with Crippen molar-refractivity contribution in [1.82, 2.24) is 4.90 Å². The summed E-state index contributed by atoms with van der Waals surface area (Å²) >= 11 is 0. The summed E-state index contributed by atoms with van der Waals surface area (Å²) in [4.78, 5) is 27.0. The van der Waals surface area contributed by atoms with Gasteiger partial charge in [-0.1, -0.05) is 0 Å². The molecule has 2 saturated heterocycles. The number of anilines is 2. The molecule has 0 saturated carbocycles. The molecule has 2 aromatic rings. The highest BCUT2D eigenvalue weighted by atomic mass is 19.1. The summed E-state index contributed by atoms with van der Waals surface area (Å²) in [6, 6.07) is 7.72. The Kier molecular flexibility index (Phi) is 6.50. The molecule has 2 aromatic carbocycles. The molecule has 1 amide bonds. The second-order valence-corrected chi connectivity index (χ2v) is 7.88. The number of hydrogen-bond donors (Lipinski definition) is 1. The molecule has 1 atom stereocenters. The van der Waals surface area contributed by atoms with Gasteiger partial charge >= 0.3 is 0 Å². The van der Waals surface area contributed by atoms with Gasteiger partial charge in [0, 0.05) is 44.9 Å². The number of nitrogens with zero attached hydrogens (tertiary/aromatic N) is 3. The third-order valence-electron chi connectivity index (χ3n) is 5.80. The van der Waals surface area contributed by atoms with Crippen LogP contribution in [0.5, 0.6) is 0 Å². The van der Waals surface area contributed by atoms with Crippen LogP contribution in [0.1, 0.15) is 23.2 Å². The van der Waals surface area contributed by atoms with Crippen molar-refractivity contribution in [3.63, 3.8) is 0 Å². The highest BCUT2D eigenvalue weighted by Gasteiger charge is 2.28. The van der Waals surface area contributed by atoms with Crippen LogP contribution in [0.15, 0.2) is 36.4 Å². The van der Waals surface area contributed by atoms with Gasteiger partial charge in [-0.15, -0.1) is 0 Å². The molecule has 2 fully saturated rings. The van der Waals surface area contributed by atoms with Gasteiger partial charge in [0.25, 0.3) is 11.6 Å². The van der Waals surface area contributed by atoms with Crippen LogP contribution in [-0.4, -0.2) is 61.2 Å². The van der Waals surface area contributed by atoms with Gasteiger partial charge < -0.3 is 19.9 Å². The minimum atomic E-state index is -0.691. The zero-order valence-corrected chi connectivity index (χ0v) is 17.4. The van der Waals surface area contributed by atoms with E-state index in [4.69, 9.17) is 4.74 Å². The van der Waals surface area contributed by atoms with Gasteiger partial charge in [0.2, 0.25) is 0 Å². The van der Waals surface area contributed by atoms with Crippen molar-refractivity contribution in [3.8, 4) is 0 Å². The first kappa shape index (κ1) is 21.9. The van der Waals surface area contributed by atoms with Crippen LogP contribution >= 0.6 is 0 Å². The summed E-state index contributed by atoms with van der Waals surface area (Å²) in [5, 5.41) is 14.6. The lowest BCUT2D eigenvalue weighted by Gasteiger charge is -2.36. The summed E-state index contributed by atoms with van der Waals surface area (Å²) in [5.74, 6) is -1.33. The summed E-state index contributed by atoms with van der Waals surface area (Å²) in [7, 11) is 0. The molecule has 0 spiro atoms. The summed E-state index contributed by atoms with van der Waals surface area (Å²) in [5.41, 5.74) is 0.558. The Bertz CT molecular complexity index is 988. The van der Waals surface area contributed by atoms with E-state index in [1.807, 2.05) is 0 Å². The van der Waals surface area contributed by atoms with E-state index in [-0.39, 0.29) is 23.4 Å². The lowest BCUT2D eigenvalue weighted by atomic mass is 10.1. The van der Waals surface area contributed by atoms with Crippen molar-refractivity contribution in [1.29, 1.82) is 0 Å². The van der Waals surface area contributed by atoms with Crippen molar-refractivity contribution >= 4 is 23.0 Å². The highest BCUT2D eigenvalue weighted by molar-refractivity contribution is 5.94. The molecule has 2 heterocycles. The molecule has 0 bridgehead atoms. The molecule has 1 N–H and O–H groups in total. The zero-order chi connectivity index (χ0) is 22.7. The van der Waals surface area contributed by atoms with Gasteiger partial charge in [0.15, 0.2) is 5.82 Å². The predicted octanol–water partition coefficient (Wildman–Crippen LogP) is 3.43. The van der Waals surface area contributed by atoms with Gasteiger partial charge in [-0.2, -0.15) is 0 Å². The third-order valence-corrected chi connectivity index (χ3v) is 5.80. The summed E-state index contributed by atoms with van der Waals surface area (Å²) < 4.78 is 33.2. The quantitative estimate of drug-likeness (QED) is 0.540. The molecule has 4 rings (SSSR count). The Morgan fingerprint density at radius 1 is 1.16 bits per heavy atom. The summed E-state index contributed by atoms with van der Waals surface area (Å²) in [6.45, 7) is 2.48. The SMILES string of the molecule is O=C(c1ccc(F)cc1)N1CCN(c2cc(NC[C@H]3CCCO3)c(F)cc2[N+](=O)[O-])CC1. The Morgan fingerprint density at radius 2 is 1.88 bits per heavy atom. The number of benzene rings is 2. The first-order valence-electron chi connectivity index (χ1n) is 10.6. The number of amides is 1. The molecule has 8 nitrogen and oxygen atoms in total. The van der Waals surface area contributed by atoms with Crippen molar-refractivity contribution in [3.05, 3.63) is 63.7 Å². The van der Waals surface area contributed by atoms with Crippen LogP contribution in [0.3, 0.4) is 0 Å². The molecule has 2 aliphatic rings. The number of carbonyl (C=O) groups is 1. The number of hydrogen-bond acceptors (Lipinski definition) is 6. The fourth-order valence-corrected chi connectivity index (χ4v) is 4.04. The number of nitrogens with one attached hydrogen (secondary N) is 1. The number of nitro groups is 1. The third kappa shape index (κ3) is 4.80. The maximum absolute atomic E-state index is 14.5. The number of nitro benzene ring substituents is 1. The average molecular weight is 446 g/mol. The normalized spacial score (nSPS) is 18.6. The van der Waals surface area contributed by atoms with Crippen LogP contribution in [0.4, 0.5) is 25.8 Å². The van der Waals surface area contributed by atoms with Gasteiger partial charge in [-0.25, -0.2) is 8.78 Å². The molecule has 0 aliphatic carbocycles. The minimum Gasteiger partial charge on any atom is -0.380 e. The van der Waals surface area contributed by atoms with E-state index in [1.54, 1.807) is 9.80 Å². The molecule has 170 valence electrons. The Labute approximate surface area is 183 Å². The van der Waals surface area contributed by atoms with Crippen LogP contribution in [0, 0.1) is 21.7 Å². The van der Waals surface area contributed by atoms with Crippen molar-refractivity contribution < 1.29 is 23.2 Å². The molecule has 0 aromatic heterocycles. The van der Waals surface area contributed by atoms with E-state index in [2.05, 4.69) is 5.32 Å². The van der Waals surface area contributed by atoms with E-state index in [0.29, 0.717) is 50.6 Å². The Balaban J connectivity index is 1.47. The lowest BCUT2D eigenvalue weighted by Crippen LogP contribution is -2.49. The predicted molar refractivity (Wildman–Crippen MR) is 115 cm³/mol. The Morgan fingerprint density at radius 3 is 2.50 bits per heavy atom. The van der Waals surface area contributed by atoms with Gasteiger partial charge in [-0.05, 0) is 43.2 Å². The Hall–Kier alpha value is -3.27. The number of rotatable bonds is 6. The maximum Gasteiger partial charge on any atom is 0.295 e. The lowest BCUT2D eigenvalue weighted by molar-refractivity contribution is -0.384. The average Bonchev–Trinajstić information content (AvgIpc) is 3.32. The van der Waals surface area contributed by atoms with Crippen LogP contribution in [-0.2, 0) is 4.74 Å². The molecular weight excluding hydrogens is 422 g/mol. The fourth-order valence-electron chi connectivity index (χ4n) is 4.04. The summed E-state index contributed by atoms with van der Waals surface area (Å²) in [6.07, 6.45) is 1.84. The monoisotopic (exact) mass is 446 g/mol. The van der Waals surface area contributed by atoms with E-state index >= 15 is 0 Å². The maximum atomic E-state index is 14.5. The number of carbonyl (C=O) groups excluding carboxylic acids is 1. The number of piperazine rings is 1. The largest absolute Gasteiger partial charge is 0.380 e. The van der Waals surface area contributed by atoms with Crippen LogP contribution < -0.4 is 10.2 Å². The van der Waals surface area contributed by atoms with Crippen LogP contribution in [0.2, 0.25) is 0 Å². The van der Waals surface area contributed by atoms with Gasteiger partial charge in [-0.3, -0.25) is 14.9 Å². The second-order valence-electron chi connectivity index (χ2n) is 7.88. The molecule has 0 unspecified atom stereocenters. The van der Waals surface area contributed by atoms with Gasteiger partial charge in [0.05, 0.1) is 22.8 Å². The fraction of sp³-hybridized carbons (Fsp3) is 0.409. The molecule has 0 radical (unpaired) electrons. The topological polar surface area (TPSA) is 88.0 Å². The van der Waals surface area contributed by atoms with E-state index < -0.39 is 16.6 Å². The highest BCUT2D eigenvalue weighted by Crippen LogP contribution is 2.34. The number of halogens is 2. The molecule has 10 heteroatoms. The zero-order valence-electron chi connectivity index (χ0n) is 17.4. The molecular formula is C22H24F2N4O4. The van der Waals surface area contributed by atoms with Crippen molar-refractivity contribution in [2.24, 2.45) is 0 Å². The standard InChI is InChI=1S/C22H24F2N4O4/c23-16-5-3-15(4-6-16)22(29)27-9-7-26(8-10-27)20-13-19(18(24)12-21(20)28(30)31)25-14-17-2-1-11-32-17/h3-6,12-13,17,25H,1-2,7-11,14H2/t17-/m1/s1. The van der Waals surface area contributed by atoms with Crippen molar-refractivity contribution in [2.75, 3.05) is 49.5 Å².